The van der Waals surface area contributed by atoms with Gasteiger partial charge in [0.05, 0.1) is 7.27 Å². The third kappa shape index (κ3) is 3.67. The lowest BCUT2D eigenvalue weighted by Crippen LogP contribution is -2.08. The summed E-state index contributed by atoms with van der Waals surface area (Å²) >= 11 is 30.3. The van der Waals surface area contributed by atoms with Gasteiger partial charge in [-0.1, -0.05) is 57.6 Å². The van der Waals surface area contributed by atoms with Crippen LogP contribution in [-0.2, 0) is 0 Å². The summed E-state index contributed by atoms with van der Waals surface area (Å²) in [5.41, 5.74) is 0. The summed E-state index contributed by atoms with van der Waals surface area (Å²) in [6, 6.07) is 10.5. The van der Waals surface area contributed by atoms with Crippen LogP contribution < -0.4 is 10.6 Å². The average Bonchev–Trinajstić information content (AvgIpc) is 2.25. The summed E-state index contributed by atoms with van der Waals surface area (Å²) in [5, 5.41) is 3.94. The minimum Gasteiger partial charge on any atom is -0.0859 e. The van der Waals surface area contributed by atoms with Gasteiger partial charge in [-0.2, -0.15) is 0 Å². The van der Waals surface area contributed by atoms with Crippen molar-refractivity contribution in [3.63, 3.8) is 0 Å². The Morgan fingerprint density at radius 2 is 0.833 bits per heavy atom. The molecule has 0 radical (unpaired) electrons. The van der Waals surface area contributed by atoms with Gasteiger partial charge in [0.2, 0.25) is 0 Å². The van der Waals surface area contributed by atoms with Crippen LogP contribution in [0.1, 0.15) is 0 Å². The van der Waals surface area contributed by atoms with Crippen LogP contribution in [0.2, 0.25) is 20.1 Å². The van der Waals surface area contributed by atoms with Crippen LogP contribution in [0.4, 0.5) is 0 Å². The number of benzene rings is 2. The lowest BCUT2D eigenvalue weighted by Gasteiger charge is -2.12. The fraction of sp³-hybridized carbons (Fsp3) is 0. The summed E-state index contributed by atoms with van der Waals surface area (Å²) in [6.07, 6.45) is 0. The largest absolute Gasteiger partial charge is 0.0859 e. The second-order valence-electron chi connectivity index (χ2n) is 3.54. The van der Waals surface area contributed by atoms with Gasteiger partial charge < -0.3 is 0 Å². The van der Waals surface area contributed by atoms with Crippen molar-refractivity contribution in [2.24, 2.45) is 0 Å². The Bertz CT molecular complexity index is 493. The van der Waals surface area contributed by atoms with Gasteiger partial charge in [-0.25, -0.2) is 0 Å². The molecule has 0 saturated carbocycles. The first-order valence-electron chi connectivity index (χ1n) is 4.84. The number of halogens is 5. The zero-order valence-electron chi connectivity index (χ0n) is 8.80. The summed E-state index contributed by atoms with van der Waals surface area (Å²) < 4.78 is 0. The second kappa shape index (κ2) is 6.18. The van der Waals surface area contributed by atoms with Crippen molar-refractivity contribution in [3.05, 3.63) is 56.5 Å². The number of rotatable bonds is 2. The van der Waals surface area contributed by atoms with Crippen LogP contribution in [0.5, 0.6) is 0 Å². The zero-order chi connectivity index (χ0) is 13.3. The molecule has 0 N–H and O–H groups in total. The van der Waals surface area contributed by atoms with E-state index >= 15 is 0 Å². The maximum atomic E-state index is 6.45. The maximum Gasteiger partial charge on any atom is 0.0526 e. The molecule has 0 unspecified atom stereocenters. The molecule has 0 amide bonds. The first-order valence-corrected chi connectivity index (χ1v) is 8.59. The van der Waals surface area contributed by atoms with Gasteiger partial charge >= 0.3 is 0 Å². The molecule has 18 heavy (non-hydrogen) atoms. The molecule has 0 fully saturated rings. The molecule has 2 rings (SSSR count). The minimum absolute atomic E-state index is 0.554. The van der Waals surface area contributed by atoms with E-state index in [0.29, 0.717) is 20.1 Å². The van der Waals surface area contributed by atoms with Gasteiger partial charge in [0.1, 0.15) is 0 Å². The van der Waals surface area contributed by atoms with E-state index in [0.717, 1.165) is 10.6 Å². The fourth-order valence-corrected chi connectivity index (χ4v) is 4.70. The molecule has 0 heterocycles. The molecule has 0 saturated heterocycles. The molecule has 2 aromatic carbocycles. The van der Waals surface area contributed by atoms with Crippen LogP contribution >= 0.6 is 64.9 Å². The molecule has 0 nitrogen and oxygen atoms in total. The van der Waals surface area contributed by atoms with E-state index in [9.17, 15) is 0 Å². The molecule has 94 valence electrons. The highest BCUT2D eigenvalue weighted by atomic mass is 35.7. The summed E-state index contributed by atoms with van der Waals surface area (Å²) in [6.45, 7) is 0. The lowest BCUT2D eigenvalue weighted by atomic mass is 10.3. The predicted molar refractivity (Wildman–Crippen MR) is 85.0 cm³/mol. The Morgan fingerprint density at radius 3 is 1.11 bits per heavy atom. The van der Waals surface area contributed by atoms with Crippen molar-refractivity contribution in [2.75, 3.05) is 0 Å². The predicted octanol–water partition coefficient (Wildman–Crippen LogP) is 5.89. The van der Waals surface area contributed by atoms with Gasteiger partial charge in [0, 0.05) is 20.1 Å². The summed E-state index contributed by atoms with van der Waals surface area (Å²) in [4.78, 5) is 0. The van der Waals surface area contributed by atoms with Crippen LogP contribution in [0.25, 0.3) is 0 Å². The molecule has 2 aromatic rings. The highest BCUT2D eigenvalue weighted by Crippen LogP contribution is 2.41. The molecule has 0 atom stereocenters. The van der Waals surface area contributed by atoms with Crippen molar-refractivity contribution < 1.29 is 0 Å². The Kier molecular flexibility index (Phi) is 5.06. The zero-order valence-corrected chi connectivity index (χ0v) is 13.5. The van der Waals surface area contributed by atoms with E-state index in [2.05, 4.69) is 0 Å². The monoisotopic (exact) mass is 356 g/mol. The van der Waals surface area contributed by atoms with E-state index in [1.54, 1.807) is 36.4 Å². The maximum absolute atomic E-state index is 6.45. The van der Waals surface area contributed by atoms with Gasteiger partial charge in [0.15, 0.2) is 0 Å². The second-order valence-corrected chi connectivity index (χ2v) is 7.89. The molecule has 0 bridgehead atoms. The van der Waals surface area contributed by atoms with Crippen molar-refractivity contribution in [3.8, 4) is 0 Å². The Hall–Kier alpha value is 0.320. The van der Waals surface area contributed by atoms with E-state index in [4.69, 9.17) is 57.6 Å². The Labute approximate surface area is 131 Å². The number of hydrogen-bond donors (Lipinski definition) is 0. The molecule has 0 aliphatic heterocycles. The van der Waals surface area contributed by atoms with E-state index in [1.807, 2.05) is 0 Å². The third-order valence-electron chi connectivity index (χ3n) is 2.15. The first-order chi connectivity index (χ1) is 8.45. The summed E-state index contributed by atoms with van der Waals surface area (Å²) in [7, 11) is -1.10. The average molecular weight is 358 g/mol. The molecular formula is C12H6Cl5P. The summed E-state index contributed by atoms with van der Waals surface area (Å²) in [5.74, 6) is 0. The highest BCUT2D eigenvalue weighted by Gasteiger charge is 2.13. The van der Waals surface area contributed by atoms with Gasteiger partial charge in [0.25, 0.3) is 0 Å². The van der Waals surface area contributed by atoms with Gasteiger partial charge in [-0.3, -0.25) is 0 Å². The van der Waals surface area contributed by atoms with E-state index in [-0.39, 0.29) is 0 Å². The number of hydrogen-bond acceptors (Lipinski definition) is 0. The van der Waals surface area contributed by atoms with Gasteiger partial charge in [-0.15, -0.1) is 0 Å². The third-order valence-corrected chi connectivity index (χ3v) is 5.62. The van der Waals surface area contributed by atoms with Crippen molar-refractivity contribution in [1.82, 2.24) is 0 Å². The van der Waals surface area contributed by atoms with E-state index in [1.165, 1.54) is 0 Å². The standard InChI is InChI=1S/C12H6Cl5P/c13-7-1-8(14)4-11(3-7)18(17)12-5-9(15)2-10(16)6-12/h1-6H. The van der Waals surface area contributed by atoms with Crippen molar-refractivity contribution >= 4 is 75.5 Å². The topological polar surface area (TPSA) is 0 Å². The molecule has 0 aromatic heterocycles. The van der Waals surface area contributed by atoms with Crippen LogP contribution in [0, 0.1) is 0 Å². The smallest absolute Gasteiger partial charge is 0.0526 e. The molecule has 0 aliphatic carbocycles. The normalized spacial score (nSPS) is 11.0. The Morgan fingerprint density at radius 1 is 0.556 bits per heavy atom. The van der Waals surface area contributed by atoms with Crippen LogP contribution in [0.15, 0.2) is 36.4 Å². The highest BCUT2D eigenvalue weighted by molar-refractivity contribution is 7.95. The minimum atomic E-state index is -1.10. The molecule has 0 aliphatic rings. The van der Waals surface area contributed by atoms with Crippen LogP contribution in [0.3, 0.4) is 0 Å². The van der Waals surface area contributed by atoms with Crippen molar-refractivity contribution in [2.45, 2.75) is 0 Å². The molecular weight excluding hydrogens is 352 g/mol. The lowest BCUT2D eigenvalue weighted by molar-refractivity contribution is 1.75. The van der Waals surface area contributed by atoms with Gasteiger partial charge in [-0.05, 0) is 47.0 Å². The SMILES string of the molecule is Clc1cc(Cl)cc(P(Cl)c2cc(Cl)cc(Cl)c2)c1. The first kappa shape index (κ1) is 14.7. The molecule has 6 heteroatoms. The fourth-order valence-electron chi connectivity index (χ4n) is 1.45. The molecule has 0 spiro atoms. The van der Waals surface area contributed by atoms with Crippen molar-refractivity contribution in [1.29, 1.82) is 0 Å². The Balaban J connectivity index is 2.43. The quantitative estimate of drug-likeness (QED) is 0.588. The van der Waals surface area contributed by atoms with Crippen LogP contribution in [-0.4, -0.2) is 0 Å². The van der Waals surface area contributed by atoms with E-state index < -0.39 is 7.27 Å².